The van der Waals surface area contributed by atoms with Crippen LogP contribution in [-0.4, -0.2) is 17.0 Å². The van der Waals surface area contributed by atoms with E-state index in [-0.39, 0.29) is 35.8 Å². The van der Waals surface area contributed by atoms with Gasteiger partial charge in [0.2, 0.25) is 0 Å². The Morgan fingerprint density at radius 2 is 1.00 bits per heavy atom. The summed E-state index contributed by atoms with van der Waals surface area (Å²) in [4.78, 5) is 0. The molecule has 0 bridgehead atoms. The maximum absolute atomic E-state index is 3.90. The zero-order valence-corrected chi connectivity index (χ0v) is 15.2. The summed E-state index contributed by atoms with van der Waals surface area (Å²) in [6.07, 6.45) is 16.2. The third kappa shape index (κ3) is 15.7. The van der Waals surface area contributed by atoms with Crippen molar-refractivity contribution in [2.24, 2.45) is 0 Å². The van der Waals surface area contributed by atoms with Crippen LogP contribution in [0.1, 0.15) is 70.6 Å². The molecule has 1 aliphatic rings. The van der Waals surface area contributed by atoms with Crippen molar-refractivity contribution in [3.05, 3.63) is 0 Å². The Morgan fingerprint density at radius 3 is 1.32 bits per heavy atom. The molecule has 1 aliphatic carbocycles. The van der Waals surface area contributed by atoms with Gasteiger partial charge in [0.25, 0.3) is 0 Å². The molecule has 1 nitrogen and oxygen atoms in total. The van der Waals surface area contributed by atoms with Gasteiger partial charge in [0.15, 0.2) is 0 Å². The van der Waals surface area contributed by atoms with Gasteiger partial charge < -0.3 is 24.8 Å². The predicted octanol–water partition coefficient (Wildman–Crippen LogP) is -2.56. The number of nitrogens with one attached hydrogen (secondary N) is 1. The largest absolute Gasteiger partial charge is 1.00 e. The molecule has 19 heavy (non-hydrogen) atoms. The Morgan fingerprint density at radius 1 is 0.684 bits per heavy atom. The van der Waals surface area contributed by atoms with Crippen molar-refractivity contribution in [3.8, 4) is 0 Å². The number of hydrogen-bond acceptors (Lipinski definition) is 1. The van der Waals surface area contributed by atoms with E-state index in [0.717, 1.165) is 6.04 Å². The Balaban J connectivity index is -0.000000853. The van der Waals surface area contributed by atoms with Crippen molar-refractivity contribution in [2.75, 3.05) is 0 Å². The molecule has 0 aliphatic heterocycles. The topological polar surface area (TPSA) is 12.0 Å². The fourth-order valence-corrected chi connectivity index (χ4v) is 4.44. The molecule has 0 aromatic rings. The average molecular weight is 363 g/mol. The van der Waals surface area contributed by atoms with Crippen molar-refractivity contribution in [2.45, 2.75) is 87.1 Å². The first kappa shape index (κ1) is 25.4. The molecule has 0 atom stereocenters. The molecule has 5 heteroatoms. The molecule has 1 N–H and O–H groups in total. The average Bonchev–Trinajstić information content (AvgIpc) is 2.21. The van der Waals surface area contributed by atoms with E-state index < -0.39 is 18.1 Å². The molecule has 0 unspecified atom stereocenters. The molecule has 1 fully saturated rings. The fourth-order valence-electron chi connectivity index (χ4n) is 2.72. The maximum Gasteiger partial charge on any atom is -0.0149 e. The van der Waals surface area contributed by atoms with Crippen LogP contribution in [0, 0.1) is 0 Å². The molecule has 1 saturated carbocycles. The quantitative estimate of drug-likeness (QED) is 0.533. The summed E-state index contributed by atoms with van der Waals surface area (Å²) >= 11 is -0.820. The van der Waals surface area contributed by atoms with Crippen molar-refractivity contribution in [3.63, 3.8) is 0 Å². The van der Waals surface area contributed by atoms with Crippen molar-refractivity contribution < 1.29 is 42.9 Å². The van der Waals surface area contributed by atoms with Crippen molar-refractivity contribution in [1.82, 2.24) is 3.80 Å². The molecular formula is C14H34Cl2NSiTi. The van der Waals surface area contributed by atoms with E-state index in [2.05, 4.69) is 14.3 Å². The summed E-state index contributed by atoms with van der Waals surface area (Å²) in [6.45, 7) is 0. The van der Waals surface area contributed by atoms with Crippen LogP contribution in [0.3, 0.4) is 0 Å². The number of halogens is 2. The first-order valence-electron chi connectivity index (χ1n) is 7.36. The van der Waals surface area contributed by atoms with Gasteiger partial charge >= 0.3 is 109 Å². The van der Waals surface area contributed by atoms with E-state index in [1.165, 1.54) is 70.6 Å². The summed E-state index contributed by atoms with van der Waals surface area (Å²) in [5, 5.41) is 4.88. The van der Waals surface area contributed by atoms with Crippen LogP contribution in [0.4, 0.5) is 0 Å². The Kier molecular flexibility index (Phi) is 23.4. The Labute approximate surface area is 144 Å². The molecule has 0 amide bonds. The predicted molar refractivity (Wildman–Crippen MR) is 80.8 cm³/mol. The Hall–Kier alpha value is 1.47. The number of rotatable bonds is 2. The van der Waals surface area contributed by atoms with Crippen LogP contribution >= 0.6 is 0 Å². The normalized spacial score (nSPS) is 18.6. The smallest absolute Gasteiger partial charge is 0.0149 e. The van der Waals surface area contributed by atoms with Crippen LogP contribution in [0.15, 0.2) is 0 Å². The van der Waals surface area contributed by atoms with E-state index in [0.29, 0.717) is 0 Å². The van der Waals surface area contributed by atoms with Crippen LogP contribution in [0.2, 0.25) is 10.5 Å². The minimum absolute atomic E-state index is 0. The molecule has 0 heterocycles. The molecule has 0 spiro atoms. The van der Waals surface area contributed by atoms with E-state index in [1.54, 1.807) is 0 Å². The second-order valence-corrected chi connectivity index (χ2v) is 9.17. The summed E-state index contributed by atoms with van der Waals surface area (Å²) < 4.78 is 3.90. The van der Waals surface area contributed by atoms with Crippen LogP contribution in [0.25, 0.3) is 0 Å². The van der Waals surface area contributed by atoms with E-state index in [9.17, 15) is 0 Å². The zero-order valence-electron chi connectivity index (χ0n) is 12.1. The fraction of sp³-hybridized carbons (Fsp3) is 1.00. The SMILES string of the molecule is [CH3][Ti+2]([CH3])[NH]C1CCCCCCCCCCC1.[Cl-].[Cl-].[SiH4]. The third-order valence-electron chi connectivity index (χ3n) is 3.60. The van der Waals surface area contributed by atoms with Crippen LogP contribution in [0.5, 0.6) is 0 Å². The minimum Gasteiger partial charge on any atom is -1.00 e. The number of hydrogen-bond donors (Lipinski definition) is 1. The van der Waals surface area contributed by atoms with Crippen LogP contribution in [-0.2, 0) is 18.1 Å². The van der Waals surface area contributed by atoms with Gasteiger partial charge in [-0.05, 0) is 11.0 Å². The summed E-state index contributed by atoms with van der Waals surface area (Å²) in [7, 11) is 0. The molecule has 0 saturated heterocycles. The van der Waals surface area contributed by atoms with Crippen LogP contribution < -0.4 is 28.6 Å². The molecule has 0 aromatic heterocycles. The van der Waals surface area contributed by atoms with Gasteiger partial charge in [0.1, 0.15) is 0 Å². The first-order chi connectivity index (χ1) is 7.79. The monoisotopic (exact) mass is 362 g/mol. The maximum atomic E-state index is 3.90. The standard InChI is InChI=1S/C12H24N.2CH3.2ClH.H4Si.Ti/c13-12-10-8-6-4-2-1-3-5-7-9-11-12;;;;;;/h12-13H,1-11H2;2*1H3;2*1H;1H4;/q-1;;;;;;+3/p-2. The van der Waals surface area contributed by atoms with Gasteiger partial charge in [-0.3, -0.25) is 0 Å². The third-order valence-corrected chi connectivity index (χ3v) is 5.14. The first-order valence-corrected chi connectivity index (χ1v) is 11.3. The van der Waals surface area contributed by atoms with Gasteiger partial charge in [0, 0.05) is 0 Å². The minimum atomic E-state index is -0.820. The van der Waals surface area contributed by atoms with E-state index in [1.807, 2.05) is 0 Å². The molecule has 0 aromatic carbocycles. The van der Waals surface area contributed by atoms with Crippen molar-refractivity contribution >= 4 is 11.0 Å². The van der Waals surface area contributed by atoms with Crippen molar-refractivity contribution in [1.29, 1.82) is 0 Å². The second kappa shape index (κ2) is 17.5. The summed E-state index contributed by atoms with van der Waals surface area (Å²) in [5.41, 5.74) is 0. The molecule has 117 valence electrons. The van der Waals surface area contributed by atoms with Gasteiger partial charge in [-0.15, -0.1) is 0 Å². The van der Waals surface area contributed by atoms with Gasteiger partial charge in [-0.1, -0.05) is 0 Å². The molecular weight excluding hydrogens is 329 g/mol. The zero-order chi connectivity index (χ0) is 11.6. The van der Waals surface area contributed by atoms with Gasteiger partial charge in [-0.2, -0.15) is 0 Å². The van der Waals surface area contributed by atoms with E-state index >= 15 is 0 Å². The van der Waals surface area contributed by atoms with E-state index in [4.69, 9.17) is 0 Å². The van der Waals surface area contributed by atoms with Gasteiger partial charge in [-0.25, -0.2) is 0 Å². The second-order valence-electron chi connectivity index (χ2n) is 5.60. The molecule has 1 rings (SSSR count). The molecule has 0 radical (unpaired) electrons. The summed E-state index contributed by atoms with van der Waals surface area (Å²) in [5.74, 6) is 0. The van der Waals surface area contributed by atoms with Gasteiger partial charge in [0.05, 0.1) is 0 Å². The summed E-state index contributed by atoms with van der Waals surface area (Å²) in [6, 6.07) is 0.865. The Bertz CT molecular complexity index is 162.